The van der Waals surface area contributed by atoms with Crippen LogP contribution in [0.1, 0.15) is 23.3 Å². The topological polar surface area (TPSA) is 62.3 Å². The molecule has 0 bridgehead atoms. The average molecular weight is 316 g/mol. The highest BCUT2D eigenvalue weighted by Crippen LogP contribution is 2.14. The maximum atomic E-state index is 12.2. The number of hydrogen-bond acceptors (Lipinski definition) is 3. The molecule has 7 heteroatoms. The molecule has 0 aromatic carbocycles. The molecule has 108 valence electrons. The maximum Gasteiger partial charge on any atom is 0.272 e. The number of rotatable bonds is 3. The highest BCUT2D eigenvalue weighted by molar-refractivity contribution is 6.53. The van der Waals surface area contributed by atoms with Gasteiger partial charge in [-0.3, -0.25) is 14.6 Å². The van der Waals surface area contributed by atoms with Crippen molar-refractivity contribution in [1.82, 2.24) is 15.2 Å². The predicted molar refractivity (Wildman–Crippen MR) is 76.8 cm³/mol. The monoisotopic (exact) mass is 315 g/mol. The number of carbonyl (C=O) groups excluding carboxylic acids is 2. The summed E-state index contributed by atoms with van der Waals surface area (Å²) < 4.78 is 0. The van der Waals surface area contributed by atoms with Gasteiger partial charge >= 0.3 is 0 Å². The molecule has 0 unspecified atom stereocenters. The van der Waals surface area contributed by atoms with Crippen LogP contribution < -0.4 is 5.32 Å². The van der Waals surface area contributed by atoms with Crippen molar-refractivity contribution in [3.8, 4) is 0 Å². The summed E-state index contributed by atoms with van der Waals surface area (Å²) in [5.41, 5.74) is 0.441. The quantitative estimate of drug-likeness (QED) is 0.862. The molecule has 20 heavy (non-hydrogen) atoms. The predicted octanol–water partition coefficient (Wildman–Crippen LogP) is 1.61. The molecule has 1 aliphatic rings. The fourth-order valence-corrected chi connectivity index (χ4v) is 2.27. The average Bonchev–Trinajstić information content (AvgIpc) is 2.48. The summed E-state index contributed by atoms with van der Waals surface area (Å²) in [5, 5.41) is 2.76. The van der Waals surface area contributed by atoms with E-state index in [2.05, 4.69) is 10.3 Å². The van der Waals surface area contributed by atoms with Crippen molar-refractivity contribution < 1.29 is 9.59 Å². The van der Waals surface area contributed by atoms with E-state index in [-0.39, 0.29) is 17.9 Å². The van der Waals surface area contributed by atoms with Gasteiger partial charge in [0.05, 0.1) is 0 Å². The lowest BCUT2D eigenvalue weighted by atomic mass is 10.0. The zero-order valence-corrected chi connectivity index (χ0v) is 12.3. The second-order valence-electron chi connectivity index (χ2n) is 4.59. The van der Waals surface area contributed by atoms with Crippen LogP contribution in [-0.2, 0) is 4.79 Å². The molecule has 2 rings (SSSR count). The molecule has 5 nitrogen and oxygen atoms in total. The Morgan fingerprint density at radius 1 is 1.30 bits per heavy atom. The molecule has 2 heterocycles. The number of halogens is 2. The van der Waals surface area contributed by atoms with E-state index in [1.165, 1.54) is 0 Å². The van der Waals surface area contributed by atoms with Crippen molar-refractivity contribution >= 4 is 35.0 Å². The molecule has 0 atom stereocenters. The number of aromatic nitrogens is 1. The zero-order valence-electron chi connectivity index (χ0n) is 10.8. The van der Waals surface area contributed by atoms with Crippen molar-refractivity contribution in [2.45, 2.75) is 23.7 Å². The van der Waals surface area contributed by atoms with Gasteiger partial charge in [0, 0.05) is 25.3 Å². The summed E-state index contributed by atoms with van der Waals surface area (Å²) in [6.07, 6.45) is 2.97. The van der Waals surface area contributed by atoms with E-state index in [4.69, 9.17) is 23.2 Å². The third-order valence-electron chi connectivity index (χ3n) is 3.21. The Hall–Kier alpha value is -1.33. The molecule has 1 N–H and O–H groups in total. The Morgan fingerprint density at radius 2 is 2.00 bits per heavy atom. The smallest absolute Gasteiger partial charge is 0.272 e. The number of carbonyl (C=O) groups is 2. The van der Waals surface area contributed by atoms with Crippen molar-refractivity contribution in [3.63, 3.8) is 0 Å². The molecule has 0 saturated carbocycles. The number of pyridine rings is 1. The van der Waals surface area contributed by atoms with Gasteiger partial charge in [0.15, 0.2) is 4.84 Å². The van der Waals surface area contributed by atoms with Gasteiger partial charge in [-0.15, -0.1) is 0 Å². The van der Waals surface area contributed by atoms with Crippen LogP contribution in [0.5, 0.6) is 0 Å². The Balaban J connectivity index is 1.85. The molecule has 0 spiro atoms. The van der Waals surface area contributed by atoms with Crippen LogP contribution in [0, 0.1) is 0 Å². The molecule has 0 aliphatic carbocycles. The Bertz CT molecular complexity index is 474. The van der Waals surface area contributed by atoms with E-state index in [9.17, 15) is 9.59 Å². The lowest BCUT2D eigenvalue weighted by Crippen LogP contribution is -2.47. The molecule has 1 fully saturated rings. The molecular weight excluding hydrogens is 301 g/mol. The summed E-state index contributed by atoms with van der Waals surface area (Å²) in [6.45, 7) is 1.16. The molecule has 2 amide bonds. The van der Waals surface area contributed by atoms with Crippen molar-refractivity contribution in [3.05, 3.63) is 30.1 Å². The van der Waals surface area contributed by atoms with Crippen LogP contribution >= 0.6 is 23.2 Å². The van der Waals surface area contributed by atoms with Gasteiger partial charge in [-0.25, -0.2) is 0 Å². The van der Waals surface area contributed by atoms with E-state index in [0.29, 0.717) is 31.6 Å². The molecule has 1 aliphatic heterocycles. The second-order valence-corrected chi connectivity index (χ2v) is 5.69. The zero-order chi connectivity index (χ0) is 14.5. The fraction of sp³-hybridized carbons (Fsp3) is 0.462. The Morgan fingerprint density at radius 3 is 2.55 bits per heavy atom. The first kappa shape index (κ1) is 15.1. The molecule has 1 aromatic rings. The number of alkyl halides is 2. The summed E-state index contributed by atoms with van der Waals surface area (Å²) in [7, 11) is 0. The van der Waals surface area contributed by atoms with Gasteiger partial charge in [-0.1, -0.05) is 29.3 Å². The molecule has 1 saturated heterocycles. The van der Waals surface area contributed by atoms with Crippen LogP contribution in [0.3, 0.4) is 0 Å². The SMILES string of the molecule is O=C(NC1CCN(C(=O)c2ccccn2)CC1)C(Cl)Cl. The summed E-state index contributed by atoms with van der Waals surface area (Å²) >= 11 is 11.0. The van der Waals surface area contributed by atoms with Crippen LogP contribution in [0.15, 0.2) is 24.4 Å². The normalized spacial score (nSPS) is 16.2. The van der Waals surface area contributed by atoms with Gasteiger partial charge in [-0.05, 0) is 25.0 Å². The number of nitrogens with zero attached hydrogens (tertiary/aromatic N) is 2. The summed E-state index contributed by atoms with van der Waals surface area (Å²) in [6, 6.07) is 5.26. The van der Waals surface area contributed by atoms with E-state index in [1.807, 2.05) is 0 Å². The van der Waals surface area contributed by atoms with Crippen molar-refractivity contribution in [1.29, 1.82) is 0 Å². The number of piperidine rings is 1. The Kier molecular flexibility index (Phi) is 5.20. The van der Waals surface area contributed by atoms with E-state index >= 15 is 0 Å². The van der Waals surface area contributed by atoms with Crippen LogP contribution in [0.4, 0.5) is 0 Å². The summed E-state index contributed by atoms with van der Waals surface area (Å²) in [5.74, 6) is -0.467. The third-order valence-corrected chi connectivity index (χ3v) is 3.61. The Labute approximate surface area is 127 Å². The minimum atomic E-state index is -1.05. The highest BCUT2D eigenvalue weighted by Gasteiger charge is 2.26. The molecule has 0 radical (unpaired) electrons. The first-order valence-electron chi connectivity index (χ1n) is 6.37. The van der Waals surface area contributed by atoms with Crippen molar-refractivity contribution in [2.75, 3.05) is 13.1 Å². The van der Waals surface area contributed by atoms with E-state index in [1.54, 1.807) is 29.3 Å². The fourth-order valence-electron chi connectivity index (χ4n) is 2.14. The van der Waals surface area contributed by atoms with Gasteiger partial charge in [0.25, 0.3) is 11.8 Å². The van der Waals surface area contributed by atoms with Gasteiger partial charge in [0.1, 0.15) is 5.69 Å². The third kappa shape index (κ3) is 3.84. The van der Waals surface area contributed by atoms with Gasteiger partial charge < -0.3 is 10.2 Å². The van der Waals surface area contributed by atoms with E-state index < -0.39 is 4.84 Å². The molecular formula is C13H15Cl2N3O2. The second kappa shape index (κ2) is 6.90. The highest BCUT2D eigenvalue weighted by atomic mass is 35.5. The van der Waals surface area contributed by atoms with E-state index in [0.717, 1.165) is 0 Å². The van der Waals surface area contributed by atoms with Gasteiger partial charge in [-0.2, -0.15) is 0 Å². The first-order chi connectivity index (χ1) is 9.58. The number of amides is 2. The molecule has 1 aromatic heterocycles. The van der Waals surface area contributed by atoms with Crippen LogP contribution in [0.25, 0.3) is 0 Å². The minimum absolute atomic E-state index is 0.00952. The number of nitrogens with one attached hydrogen (secondary N) is 1. The lowest BCUT2D eigenvalue weighted by molar-refractivity contribution is -0.120. The lowest BCUT2D eigenvalue weighted by Gasteiger charge is -2.32. The number of likely N-dealkylation sites (tertiary alicyclic amines) is 1. The standard InChI is InChI=1S/C13H15Cl2N3O2/c14-11(15)12(19)17-9-4-7-18(8-5-9)13(20)10-3-1-2-6-16-10/h1-3,6,9,11H,4-5,7-8H2,(H,17,19). The van der Waals surface area contributed by atoms with Crippen molar-refractivity contribution in [2.24, 2.45) is 0 Å². The first-order valence-corrected chi connectivity index (χ1v) is 7.24. The largest absolute Gasteiger partial charge is 0.351 e. The van der Waals surface area contributed by atoms with Crippen LogP contribution in [-0.4, -0.2) is 45.7 Å². The minimum Gasteiger partial charge on any atom is -0.351 e. The maximum absolute atomic E-state index is 12.2. The summed E-state index contributed by atoms with van der Waals surface area (Å²) in [4.78, 5) is 28.3. The van der Waals surface area contributed by atoms with Crippen LogP contribution in [0.2, 0.25) is 0 Å². The number of hydrogen-bond donors (Lipinski definition) is 1. The van der Waals surface area contributed by atoms with Gasteiger partial charge in [0.2, 0.25) is 0 Å².